The molecule has 1 aliphatic heterocycles. The molecular formula is C30H27ClN6O3S. The molecule has 9 nitrogen and oxygen atoms in total. The number of aryl methyl sites for hydroxylation is 1. The van der Waals surface area contributed by atoms with Crippen LogP contribution in [-0.2, 0) is 19.7 Å². The van der Waals surface area contributed by atoms with Crippen LogP contribution in [0.4, 0.5) is 5.69 Å². The highest BCUT2D eigenvalue weighted by atomic mass is 35.5. The van der Waals surface area contributed by atoms with E-state index >= 15 is 0 Å². The molecule has 1 aromatic carbocycles. The van der Waals surface area contributed by atoms with E-state index in [0.29, 0.717) is 34.4 Å². The number of piperidine rings is 2. The number of aromatic nitrogens is 4. The summed E-state index contributed by atoms with van der Waals surface area (Å²) in [6, 6.07) is 17.5. The average Bonchev–Trinajstić information content (AvgIpc) is 3.64. The van der Waals surface area contributed by atoms with Crippen LogP contribution in [0.25, 0.3) is 22.2 Å². The number of hydrogen-bond donors (Lipinski definition) is 2. The first kappa shape index (κ1) is 25.2. The first-order chi connectivity index (χ1) is 19.8. The number of nitrogens with one attached hydrogen (secondary N) is 1. The van der Waals surface area contributed by atoms with Crippen molar-refractivity contribution in [3.63, 3.8) is 0 Å². The van der Waals surface area contributed by atoms with Crippen molar-refractivity contribution in [2.75, 3.05) is 5.32 Å². The highest BCUT2D eigenvalue weighted by Crippen LogP contribution is 2.77. The number of nitrogens with zero attached hydrogens (tertiary/aromatic N) is 5. The fourth-order valence-corrected chi connectivity index (χ4v) is 9.05. The molecule has 3 aliphatic rings. The van der Waals surface area contributed by atoms with Gasteiger partial charge in [0.1, 0.15) is 27.2 Å². The number of benzene rings is 1. The predicted octanol–water partition coefficient (Wildman–Crippen LogP) is 5.60. The Kier molecular flexibility index (Phi) is 5.35. The summed E-state index contributed by atoms with van der Waals surface area (Å²) in [5.74, 6) is 0.461. The molecule has 41 heavy (non-hydrogen) atoms. The third kappa shape index (κ3) is 3.30. The molecule has 1 spiro atoms. The summed E-state index contributed by atoms with van der Waals surface area (Å²) in [5.41, 5.74) is 2.53. The summed E-state index contributed by atoms with van der Waals surface area (Å²) in [6.07, 6.45) is 6.10. The molecule has 11 heteroatoms. The van der Waals surface area contributed by atoms with Gasteiger partial charge in [-0.25, -0.2) is 9.29 Å². The third-order valence-electron chi connectivity index (χ3n) is 9.45. The summed E-state index contributed by atoms with van der Waals surface area (Å²) in [4.78, 5) is 17.5. The van der Waals surface area contributed by atoms with Crippen molar-refractivity contribution in [2.45, 2.75) is 42.0 Å². The Labute approximate surface area is 245 Å². The summed E-state index contributed by atoms with van der Waals surface area (Å²) in [6.45, 7) is 0. The van der Waals surface area contributed by atoms with Crippen LogP contribution in [0.2, 0.25) is 5.15 Å². The molecule has 0 bridgehead atoms. The van der Waals surface area contributed by atoms with Crippen LogP contribution in [0.15, 0.2) is 76.5 Å². The lowest BCUT2D eigenvalue weighted by molar-refractivity contribution is -0.349. The third-order valence-corrected chi connectivity index (χ3v) is 11.0. The highest BCUT2D eigenvalue weighted by Gasteiger charge is 2.83. The average molecular weight is 587 g/mol. The van der Waals surface area contributed by atoms with Crippen molar-refractivity contribution < 1.29 is 14.4 Å². The number of hydrogen-bond acceptors (Lipinski definition) is 7. The second kappa shape index (κ2) is 8.72. The van der Waals surface area contributed by atoms with Crippen LogP contribution in [-0.4, -0.2) is 46.7 Å². The van der Waals surface area contributed by atoms with Gasteiger partial charge in [-0.05, 0) is 49.4 Å². The number of carbonyl (C=O) groups is 1. The minimum Gasteiger partial charge on any atom is -0.383 e. The van der Waals surface area contributed by atoms with Gasteiger partial charge < -0.3 is 24.1 Å². The second-order valence-electron chi connectivity index (χ2n) is 11.3. The normalized spacial score (nSPS) is 26.5. The Hall–Kier alpha value is -3.57. The van der Waals surface area contributed by atoms with Gasteiger partial charge >= 0.3 is 0 Å². The summed E-state index contributed by atoms with van der Waals surface area (Å²) in [7, 11) is 3.93. The lowest BCUT2D eigenvalue weighted by Crippen LogP contribution is -2.88. The molecule has 8 rings (SSSR count). The lowest BCUT2D eigenvalue weighted by atomic mass is 9.36. The van der Waals surface area contributed by atoms with Crippen molar-refractivity contribution in [1.82, 2.24) is 23.6 Å². The van der Waals surface area contributed by atoms with Crippen LogP contribution < -0.4 is 5.32 Å². The van der Waals surface area contributed by atoms with E-state index in [1.165, 1.54) is 0 Å². The van der Waals surface area contributed by atoms with Crippen molar-refractivity contribution >= 4 is 46.0 Å². The van der Waals surface area contributed by atoms with Gasteiger partial charge in [-0.3, -0.25) is 4.79 Å². The van der Waals surface area contributed by atoms with E-state index in [0.717, 1.165) is 34.3 Å². The van der Waals surface area contributed by atoms with E-state index in [4.69, 9.17) is 16.1 Å². The first-order valence-electron chi connectivity index (χ1n) is 13.6. The van der Waals surface area contributed by atoms with Gasteiger partial charge in [-0.1, -0.05) is 47.1 Å². The highest BCUT2D eigenvalue weighted by molar-refractivity contribution is 7.97. The molecule has 1 amide bonds. The van der Waals surface area contributed by atoms with Crippen molar-refractivity contribution in [2.24, 2.45) is 19.5 Å². The fraction of sp³-hybridized carbons (Fsp3) is 0.300. The van der Waals surface area contributed by atoms with Gasteiger partial charge in [-0.2, -0.15) is 0 Å². The standard InChI is InChI=1S/C30H27ClN6O3S/c1-35-13-10-19-25(27(38)33-18-9-12-32-24(31)14-18)36(2)28(26(19)35)41-37-22-8-11-29(22)23(37)16-30(29,39)21-15-20(40-34-21)17-6-4-3-5-7-17/h3-7,9-10,12-15,22-23,39H,8,11,16H2,1-2H3,(H,32,33,38). The Morgan fingerprint density at radius 2 is 2.00 bits per heavy atom. The van der Waals surface area contributed by atoms with Crippen LogP contribution in [0.1, 0.15) is 35.4 Å². The Morgan fingerprint density at radius 1 is 1.17 bits per heavy atom. The van der Waals surface area contributed by atoms with Gasteiger partial charge in [0.2, 0.25) is 0 Å². The zero-order valence-corrected chi connectivity index (χ0v) is 24.0. The maximum absolute atomic E-state index is 13.5. The molecule has 4 unspecified atom stereocenters. The molecule has 4 atom stereocenters. The summed E-state index contributed by atoms with van der Waals surface area (Å²) in [5, 5.41) is 21.4. The maximum Gasteiger partial charge on any atom is 0.273 e. The maximum atomic E-state index is 13.5. The van der Waals surface area contributed by atoms with E-state index in [2.05, 4.69) is 24.3 Å². The smallest absolute Gasteiger partial charge is 0.273 e. The zero-order chi connectivity index (χ0) is 28.1. The SMILES string of the molecule is Cn1c(C(=O)Nc2ccnc(Cl)c2)c2ccn(C)c2c1SN1C2CCC23C1CC3(O)c1cc(-c2ccccc2)on1. The predicted molar refractivity (Wildman–Crippen MR) is 156 cm³/mol. The largest absolute Gasteiger partial charge is 0.383 e. The van der Waals surface area contributed by atoms with Crippen LogP contribution >= 0.6 is 23.5 Å². The van der Waals surface area contributed by atoms with E-state index in [1.807, 2.05) is 67.3 Å². The summed E-state index contributed by atoms with van der Waals surface area (Å²) < 4.78 is 12.1. The monoisotopic (exact) mass is 586 g/mol. The van der Waals surface area contributed by atoms with Crippen molar-refractivity contribution in [3.8, 4) is 11.3 Å². The zero-order valence-electron chi connectivity index (χ0n) is 22.4. The Bertz CT molecular complexity index is 1840. The minimum atomic E-state index is -1.00. The summed E-state index contributed by atoms with van der Waals surface area (Å²) >= 11 is 7.71. The number of aliphatic hydroxyl groups is 1. The Morgan fingerprint density at radius 3 is 2.73 bits per heavy atom. The molecule has 5 heterocycles. The Balaban J connectivity index is 1.07. The number of fused-ring (bicyclic) bond motifs is 1. The molecule has 0 radical (unpaired) electrons. The van der Waals surface area contributed by atoms with E-state index < -0.39 is 5.60 Å². The molecular weight excluding hydrogens is 560 g/mol. The number of pyridine rings is 1. The van der Waals surface area contributed by atoms with Crippen molar-refractivity contribution in [1.29, 1.82) is 0 Å². The molecule has 5 aromatic rings. The quantitative estimate of drug-likeness (QED) is 0.197. The van der Waals surface area contributed by atoms with Crippen LogP contribution in [0, 0.1) is 5.41 Å². The fourth-order valence-electron chi connectivity index (χ4n) is 7.31. The molecule has 2 saturated carbocycles. The van der Waals surface area contributed by atoms with Gasteiger partial charge in [0.25, 0.3) is 5.91 Å². The number of carbonyl (C=O) groups excluding carboxylic acids is 1. The number of anilines is 1. The van der Waals surface area contributed by atoms with Crippen LogP contribution in [0.5, 0.6) is 0 Å². The molecule has 2 aliphatic carbocycles. The van der Waals surface area contributed by atoms with E-state index in [9.17, 15) is 9.90 Å². The molecule has 208 valence electrons. The first-order valence-corrected chi connectivity index (χ1v) is 14.7. The lowest BCUT2D eigenvalue weighted by Gasteiger charge is -2.81. The van der Waals surface area contributed by atoms with Crippen LogP contribution in [0.3, 0.4) is 0 Å². The van der Waals surface area contributed by atoms with E-state index in [-0.39, 0.29) is 23.4 Å². The van der Waals surface area contributed by atoms with E-state index in [1.54, 1.807) is 30.3 Å². The van der Waals surface area contributed by atoms with Crippen molar-refractivity contribution in [3.05, 3.63) is 83.5 Å². The second-order valence-corrected chi connectivity index (χ2v) is 12.7. The minimum absolute atomic E-state index is 0.210. The number of rotatable bonds is 6. The van der Waals surface area contributed by atoms with Gasteiger partial charge in [0.15, 0.2) is 5.76 Å². The molecule has 2 N–H and O–H groups in total. The number of halogens is 1. The molecule has 3 fully saturated rings. The molecule has 1 saturated heterocycles. The van der Waals surface area contributed by atoms with Gasteiger partial charge in [0.05, 0.1) is 5.52 Å². The number of amides is 1. The molecule has 4 aromatic heterocycles. The topological polar surface area (TPSA) is 101 Å². The van der Waals surface area contributed by atoms with Gasteiger partial charge in [-0.15, -0.1) is 0 Å². The van der Waals surface area contributed by atoms with Gasteiger partial charge in [0, 0.05) is 66.7 Å².